The summed E-state index contributed by atoms with van der Waals surface area (Å²) >= 11 is 0. The molecular weight excluding hydrogens is 208 g/mol. The summed E-state index contributed by atoms with van der Waals surface area (Å²) in [7, 11) is 0. The molecule has 16 heavy (non-hydrogen) atoms. The first-order chi connectivity index (χ1) is 7.54. The van der Waals surface area contributed by atoms with Crippen molar-refractivity contribution in [2.75, 3.05) is 6.61 Å². The van der Waals surface area contributed by atoms with Gasteiger partial charge in [0.05, 0.1) is 24.6 Å². The van der Waals surface area contributed by atoms with Gasteiger partial charge in [-0.1, -0.05) is 6.58 Å². The molecule has 0 spiro atoms. The first-order valence-electron chi connectivity index (χ1n) is 5.80. The van der Waals surface area contributed by atoms with Gasteiger partial charge in [0, 0.05) is 11.8 Å². The van der Waals surface area contributed by atoms with Gasteiger partial charge in [-0.3, -0.25) is 0 Å². The largest absolute Gasteiger partial charge is 0.493 e. The third kappa shape index (κ3) is 1.21. The predicted octanol–water partition coefficient (Wildman–Crippen LogP) is 0.698. The molecule has 4 heteroatoms. The van der Waals surface area contributed by atoms with Gasteiger partial charge in [0.25, 0.3) is 0 Å². The van der Waals surface area contributed by atoms with Crippen LogP contribution in [0.2, 0.25) is 0 Å². The number of ether oxygens (including phenoxy) is 3. The molecule has 4 nitrogen and oxygen atoms in total. The van der Waals surface area contributed by atoms with Crippen molar-refractivity contribution in [1.29, 1.82) is 0 Å². The van der Waals surface area contributed by atoms with Crippen molar-refractivity contribution >= 4 is 0 Å². The van der Waals surface area contributed by atoms with Crippen LogP contribution in [0, 0.1) is 11.8 Å². The van der Waals surface area contributed by atoms with Crippen LogP contribution in [-0.2, 0) is 14.2 Å². The van der Waals surface area contributed by atoms with Crippen LogP contribution in [0.1, 0.15) is 13.8 Å². The van der Waals surface area contributed by atoms with Crippen molar-refractivity contribution in [3.63, 3.8) is 0 Å². The Hall–Kier alpha value is -0.580. The van der Waals surface area contributed by atoms with Gasteiger partial charge >= 0.3 is 0 Å². The molecule has 3 rings (SSSR count). The summed E-state index contributed by atoms with van der Waals surface area (Å²) in [6, 6.07) is 0. The van der Waals surface area contributed by atoms with E-state index in [9.17, 15) is 5.11 Å². The van der Waals surface area contributed by atoms with Gasteiger partial charge in [0.2, 0.25) is 0 Å². The summed E-state index contributed by atoms with van der Waals surface area (Å²) in [5.74, 6) is 0.390. The maximum absolute atomic E-state index is 10.2. The highest BCUT2D eigenvalue weighted by Crippen LogP contribution is 2.53. The predicted molar refractivity (Wildman–Crippen MR) is 56.7 cm³/mol. The molecule has 0 aromatic rings. The van der Waals surface area contributed by atoms with Gasteiger partial charge in [0.1, 0.15) is 12.2 Å². The summed E-state index contributed by atoms with van der Waals surface area (Å²) in [5, 5.41) is 10.2. The topological polar surface area (TPSA) is 47.9 Å². The van der Waals surface area contributed by atoms with Crippen LogP contribution in [0.4, 0.5) is 0 Å². The Kier molecular flexibility index (Phi) is 2.12. The van der Waals surface area contributed by atoms with Crippen molar-refractivity contribution in [1.82, 2.24) is 0 Å². The molecule has 3 aliphatic heterocycles. The average Bonchev–Trinajstić information content (AvgIpc) is 2.74. The minimum atomic E-state index is -0.758. The smallest absolute Gasteiger partial charge is 0.153 e. The molecule has 0 aromatic carbocycles. The zero-order chi connectivity index (χ0) is 11.5. The molecular formula is C12H18O4. The Morgan fingerprint density at radius 3 is 2.75 bits per heavy atom. The molecule has 0 amide bonds. The summed E-state index contributed by atoms with van der Waals surface area (Å²) in [6.45, 7) is 7.91. The second-order valence-electron chi connectivity index (χ2n) is 5.47. The number of fused-ring (bicyclic) bond motifs is 1. The minimum Gasteiger partial charge on any atom is -0.493 e. The summed E-state index contributed by atoms with van der Waals surface area (Å²) in [6.07, 6.45) is 1.36. The fraction of sp³-hybridized carbons (Fsp3) is 0.833. The highest BCUT2D eigenvalue weighted by Gasteiger charge is 2.67. The molecule has 3 fully saturated rings. The quantitative estimate of drug-likeness (QED) is 0.720. The maximum Gasteiger partial charge on any atom is 0.153 e. The fourth-order valence-electron chi connectivity index (χ4n) is 3.59. The molecule has 1 N–H and O–H groups in total. The van der Waals surface area contributed by atoms with E-state index in [4.69, 9.17) is 14.2 Å². The Balaban J connectivity index is 1.91. The van der Waals surface area contributed by atoms with E-state index < -0.39 is 5.60 Å². The number of rotatable bonds is 3. The standard InChI is InChI=1S/C12H18O4/c1-4-14-11-9-7(12(2,3)13)6-5-15-10(11)8(6)16-9/h4,6-11,13H,1,5H2,2-3H3. The van der Waals surface area contributed by atoms with Crippen molar-refractivity contribution < 1.29 is 19.3 Å². The van der Waals surface area contributed by atoms with Crippen LogP contribution in [0.25, 0.3) is 0 Å². The van der Waals surface area contributed by atoms with E-state index in [-0.39, 0.29) is 30.3 Å². The lowest BCUT2D eigenvalue weighted by Gasteiger charge is -2.36. The fourth-order valence-corrected chi connectivity index (χ4v) is 3.59. The van der Waals surface area contributed by atoms with Gasteiger partial charge in [0.15, 0.2) is 6.10 Å². The maximum atomic E-state index is 10.2. The number of hydrogen-bond acceptors (Lipinski definition) is 4. The Morgan fingerprint density at radius 2 is 2.12 bits per heavy atom. The molecule has 2 bridgehead atoms. The van der Waals surface area contributed by atoms with Gasteiger partial charge in [-0.05, 0) is 13.8 Å². The Morgan fingerprint density at radius 1 is 1.38 bits per heavy atom. The summed E-state index contributed by atoms with van der Waals surface area (Å²) < 4.78 is 17.1. The van der Waals surface area contributed by atoms with Crippen molar-refractivity contribution in [3.05, 3.63) is 12.8 Å². The Labute approximate surface area is 95.2 Å². The number of hydrogen-bond donors (Lipinski definition) is 1. The molecule has 0 radical (unpaired) electrons. The minimum absolute atomic E-state index is 0.0200. The van der Waals surface area contributed by atoms with Crippen LogP contribution in [0.5, 0.6) is 0 Å². The van der Waals surface area contributed by atoms with Crippen LogP contribution in [0.3, 0.4) is 0 Å². The van der Waals surface area contributed by atoms with E-state index in [1.165, 1.54) is 6.26 Å². The summed E-state index contributed by atoms with van der Waals surface area (Å²) in [5.41, 5.74) is -0.758. The van der Waals surface area contributed by atoms with E-state index in [0.717, 1.165) is 0 Å². The zero-order valence-corrected chi connectivity index (χ0v) is 9.63. The molecule has 3 heterocycles. The monoisotopic (exact) mass is 226 g/mol. The second-order valence-corrected chi connectivity index (χ2v) is 5.47. The van der Waals surface area contributed by atoms with Crippen molar-refractivity contribution in [2.24, 2.45) is 11.8 Å². The third-order valence-corrected chi connectivity index (χ3v) is 4.07. The molecule has 3 saturated heterocycles. The van der Waals surface area contributed by atoms with E-state index in [0.29, 0.717) is 12.5 Å². The van der Waals surface area contributed by atoms with E-state index in [1.54, 1.807) is 0 Å². The van der Waals surface area contributed by atoms with Crippen molar-refractivity contribution in [2.45, 2.75) is 43.9 Å². The summed E-state index contributed by atoms with van der Waals surface area (Å²) in [4.78, 5) is 0. The first kappa shape index (κ1) is 10.6. The molecule has 0 saturated carbocycles. The van der Waals surface area contributed by atoms with E-state index in [2.05, 4.69) is 6.58 Å². The second kappa shape index (κ2) is 3.22. The van der Waals surface area contributed by atoms with E-state index in [1.807, 2.05) is 13.8 Å². The lowest BCUT2D eigenvalue weighted by atomic mass is 9.71. The van der Waals surface area contributed by atoms with Gasteiger partial charge < -0.3 is 19.3 Å². The Bertz CT molecular complexity index is 309. The average molecular weight is 226 g/mol. The van der Waals surface area contributed by atoms with Crippen LogP contribution >= 0.6 is 0 Å². The molecule has 90 valence electrons. The molecule has 0 aliphatic carbocycles. The third-order valence-electron chi connectivity index (χ3n) is 4.07. The lowest BCUT2D eigenvalue weighted by Crippen LogP contribution is -2.50. The van der Waals surface area contributed by atoms with Gasteiger partial charge in [-0.2, -0.15) is 0 Å². The van der Waals surface area contributed by atoms with Crippen molar-refractivity contribution in [3.8, 4) is 0 Å². The van der Waals surface area contributed by atoms with Crippen LogP contribution in [-0.4, -0.2) is 41.7 Å². The van der Waals surface area contributed by atoms with Gasteiger partial charge in [-0.25, -0.2) is 0 Å². The SMILES string of the molecule is C=COC1C2OCC3C2OC1C3C(C)(C)O. The zero-order valence-electron chi connectivity index (χ0n) is 9.63. The highest BCUT2D eigenvalue weighted by atomic mass is 16.6. The normalized spacial score (nSPS) is 49.7. The van der Waals surface area contributed by atoms with Crippen LogP contribution in [0.15, 0.2) is 12.8 Å². The lowest BCUT2D eigenvalue weighted by molar-refractivity contribution is -0.0633. The molecule has 6 unspecified atom stereocenters. The number of aliphatic hydroxyl groups is 1. The highest BCUT2D eigenvalue weighted by molar-refractivity contribution is 5.14. The molecule has 0 aromatic heterocycles. The van der Waals surface area contributed by atoms with Crippen LogP contribution < -0.4 is 0 Å². The van der Waals surface area contributed by atoms with Gasteiger partial charge in [-0.15, -0.1) is 0 Å². The molecule has 6 atom stereocenters. The van der Waals surface area contributed by atoms with E-state index >= 15 is 0 Å². The first-order valence-corrected chi connectivity index (χ1v) is 5.80. The molecule has 3 aliphatic rings.